The lowest BCUT2D eigenvalue weighted by atomic mass is 10.1. The molecule has 7 heteroatoms. The Bertz CT molecular complexity index is 717. The van der Waals surface area contributed by atoms with Gasteiger partial charge >= 0.3 is 5.97 Å². The SMILES string of the molecule is C/C=C/C=C/C(=O)OC(C)C(=O)c1ccc(NS(C)(=O)=O)cc1. The molecule has 0 saturated heterocycles. The van der Waals surface area contributed by atoms with Gasteiger partial charge in [0.1, 0.15) is 0 Å². The predicted octanol–water partition coefficient (Wildman–Crippen LogP) is 2.30. The highest BCUT2D eigenvalue weighted by Crippen LogP contribution is 2.13. The smallest absolute Gasteiger partial charge is 0.331 e. The quantitative estimate of drug-likeness (QED) is 0.357. The fourth-order valence-corrected chi connectivity index (χ4v) is 2.23. The molecule has 1 rings (SSSR count). The van der Waals surface area contributed by atoms with Crippen molar-refractivity contribution < 1.29 is 22.7 Å². The van der Waals surface area contributed by atoms with Crippen LogP contribution in [0.4, 0.5) is 5.69 Å². The Morgan fingerprint density at radius 1 is 1.17 bits per heavy atom. The van der Waals surface area contributed by atoms with Crippen LogP contribution in [0.2, 0.25) is 0 Å². The van der Waals surface area contributed by atoms with Crippen LogP contribution in [0.3, 0.4) is 0 Å². The molecular formula is C16H19NO5S. The monoisotopic (exact) mass is 337 g/mol. The van der Waals surface area contributed by atoms with Gasteiger partial charge in [-0.2, -0.15) is 0 Å². The number of ketones is 1. The fourth-order valence-electron chi connectivity index (χ4n) is 1.66. The maximum absolute atomic E-state index is 12.2. The molecule has 1 atom stereocenters. The third-order valence-corrected chi connectivity index (χ3v) is 3.28. The van der Waals surface area contributed by atoms with E-state index in [0.717, 1.165) is 6.26 Å². The standard InChI is InChI=1S/C16H19NO5S/c1-4-5-6-7-15(18)22-12(2)16(19)13-8-10-14(11-9-13)17-23(3,20)21/h4-12,17H,1-3H3/b5-4+,7-6+. The summed E-state index contributed by atoms with van der Waals surface area (Å²) in [5.74, 6) is -0.983. The molecule has 1 unspecified atom stereocenters. The summed E-state index contributed by atoms with van der Waals surface area (Å²) in [6.45, 7) is 3.29. The van der Waals surface area contributed by atoms with E-state index >= 15 is 0 Å². The molecular weight excluding hydrogens is 318 g/mol. The number of carbonyl (C=O) groups excluding carboxylic acids is 2. The first-order chi connectivity index (χ1) is 10.7. The third kappa shape index (κ3) is 6.92. The maximum atomic E-state index is 12.2. The number of rotatable bonds is 7. The summed E-state index contributed by atoms with van der Waals surface area (Å²) in [5, 5.41) is 0. The summed E-state index contributed by atoms with van der Waals surface area (Å²) < 4.78 is 29.5. The van der Waals surface area contributed by atoms with Gasteiger partial charge in [-0.1, -0.05) is 18.2 Å². The molecule has 0 aliphatic carbocycles. The molecule has 1 N–H and O–H groups in total. The Kier molecular flexibility index (Phi) is 6.71. The van der Waals surface area contributed by atoms with Crippen molar-refractivity contribution in [1.29, 1.82) is 0 Å². The second-order valence-corrected chi connectivity index (χ2v) is 6.53. The van der Waals surface area contributed by atoms with E-state index in [1.54, 1.807) is 12.2 Å². The van der Waals surface area contributed by atoms with E-state index < -0.39 is 22.1 Å². The molecule has 0 fully saturated rings. The largest absolute Gasteiger partial charge is 0.451 e. The van der Waals surface area contributed by atoms with Crippen molar-refractivity contribution in [1.82, 2.24) is 0 Å². The molecule has 0 aromatic heterocycles. The van der Waals surface area contributed by atoms with Crippen LogP contribution in [-0.4, -0.2) is 32.5 Å². The fraction of sp³-hybridized carbons (Fsp3) is 0.250. The minimum atomic E-state index is -3.37. The van der Waals surface area contributed by atoms with Crippen molar-refractivity contribution in [2.24, 2.45) is 0 Å². The second-order valence-electron chi connectivity index (χ2n) is 4.78. The highest BCUT2D eigenvalue weighted by molar-refractivity contribution is 7.92. The van der Waals surface area contributed by atoms with Gasteiger partial charge in [-0.25, -0.2) is 13.2 Å². The van der Waals surface area contributed by atoms with Gasteiger partial charge < -0.3 is 4.74 Å². The number of esters is 1. The van der Waals surface area contributed by atoms with Crippen LogP contribution in [0.15, 0.2) is 48.6 Å². The minimum Gasteiger partial charge on any atom is -0.451 e. The predicted molar refractivity (Wildman–Crippen MR) is 88.7 cm³/mol. The van der Waals surface area contributed by atoms with Gasteiger partial charge in [0.05, 0.1) is 6.26 Å². The van der Waals surface area contributed by atoms with E-state index in [-0.39, 0.29) is 5.78 Å². The van der Waals surface area contributed by atoms with Crippen molar-refractivity contribution in [2.75, 3.05) is 11.0 Å². The second kappa shape index (κ2) is 8.28. The molecule has 1 aromatic rings. The number of benzene rings is 1. The third-order valence-electron chi connectivity index (χ3n) is 2.67. The molecule has 0 saturated carbocycles. The Hall–Kier alpha value is -2.41. The number of anilines is 1. The zero-order chi connectivity index (χ0) is 17.5. The van der Waals surface area contributed by atoms with Crippen molar-refractivity contribution in [2.45, 2.75) is 20.0 Å². The zero-order valence-electron chi connectivity index (χ0n) is 13.1. The molecule has 0 bridgehead atoms. The van der Waals surface area contributed by atoms with Gasteiger partial charge in [0.2, 0.25) is 15.8 Å². The first-order valence-electron chi connectivity index (χ1n) is 6.85. The van der Waals surface area contributed by atoms with Crippen molar-refractivity contribution in [3.63, 3.8) is 0 Å². The average Bonchev–Trinajstić information content (AvgIpc) is 2.46. The van der Waals surface area contributed by atoms with Crippen LogP contribution >= 0.6 is 0 Å². The van der Waals surface area contributed by atoms with Crippen molar-refractivity contribution in [3.05, 3.63) is 54.1 Å². The molecule has 0 aliphatic rings. The molecule has 1 aromatic carbocycles. The number of nitrogens with one attached hydrogen (secondary N) is 1. The summed E-state index contributed by atoms with van der Waals surface area (Å²) >= 11 is 0. The van der Waals surface area contributed by atoms with E-state index in [9.17, 15) is 18.0 Å². The number of carbonyl (C=O) groups is 2. The van der Waals surface area contributed by atoms with Crippen LogP contribution in [0.25, 0.3) is 0 Å². The Labute approximate surface area is 135 Å². The maximum Gasteiger partial charge on any atom is 0.331 e. The lowest BCUT2D eigenvalue weighted by Gasteiger charge is -2.11. The molecule has 0 aliphatic heterocycles. The number of allylic oxidation sites excluding steroid dienone is 3. The minimum absolute atomic E-state index is 0.321. The first kappa shape index (κ1) is 18.6. The Morgan fingerprint density at radius 2 is 1.78 bits per heavy atom. The number of hydrogen-bond acceptors (Lipinski definition) is 5. The van der Waals surface area contributed by atoms with E-state index in [0.29, 0.717) is 11.3 Å². The van der Waals surface area contributed by atoms with Gasteiger partial charge in [-0.3, -0.25) is 9.52 Å². The Morgan fingerprint density at radius 3 is 2.30 bits per heavy atom. The lowest BCUT2D eigenvalue weighted by molar-refractivity contribution is -0.140. The number of hydrogen-bond donors (Lipinski definition) is 1. The number of sulfonamides is 1. The van der Waals surface area contributed by atoms with Gasteiger partial charge in [-0.05, 0) is 38.1 Å². The number of Topliss-reactive ketones (excluding diaryl/α,β-unsaturated/α-hetero) is 1. The van der Waals surface area contributed by atoms with Gasteiger partial charge in [-0.15, -0.1) is 0 Å². The van der Waals surface area contributed by atoms with E-state index in [2.05, 4.69) is 4.72 Å². The van der Waals surface area contributed by atoms with Crippen LogP contribution in [0.1, 0.15) is 24.2 Å². The zero-order valence-corrected chi connectivity index (χ0v) is 14.0. The van der Waals surface area contributed by atoms with Crippen LogP contribution in [-0.2, 0) is 19.6 Å². The topological polar surface area (TPSA) is 89.5 Å². The van der Waals surface area contributed by atoms with E-state index in [1.165, 1.54) is 43.3 Å². The molecule has 0 spiro atoms. The van der Waals surface area contributed by atoms with E-state index in [1.807, 2.05) is 6.92 Å². The summed E-state index contributed by atoms with van der Waals surface area (Å²) in [4.78, 5) is 23.7. The van der Waals surface area contributed by atoms with Gasteiger partial charge in [0.25, 0.3) is 0 Å². The normalized spacial score (nSPS) is 13.2. The lowest BCUT2D eigenvalue weighted by Crippen LogP contribution is -2.23. The van der Waals surface area contributed by atoms with Gasteiger partial charge in [0.15, 0.2) is 6.10 Å². The molecule has 0 heterocycles. The van der Waals surface area contributed by atoms with Crippen molar-refractivity contribution in [3.8, 4) is 0 Å². The number of ether oxygens (including phenoxy) is 1. The highest BCUT2D eigenvalue weighted by Gasteiger charge is 2.18. The highest BCUT2D eigenvalue weighted by atomic mass is 32.2. The van der Waals surface area contributed by atoms with Crippen LogP contribution in [0.5, 0.6) is 0 Å². The summed E-state index contributed by atoms with van der Waals surface area (Å²) in [6.07, 6.45) is 6.26. The van der Waals surface area contributed by atoms with Gasteiger partial charge in [0, 0.05) is 17.3 Å². The molecule has 124 valence electrons. The molecule has 6 nitrogen and oxygen atoms in total. The summed E-state index contributed by atoms with van der Waals surface area (Å²) in [7, 11) is -3.37. The van der Waals surface area contributed by atoms with Crippen molar-refractivity contribution >= 4 is 27.5 Å². The molecule has 0 amide bonds. The summed E-state index contributed by atoms with van der Waals surface area (Å²) in [5.41, 5.74) is 0.671. The first-order valence-corrected chi connectivity index (χ1v) is 8.74. The van der Waals surface area contributed by atoms with E-state index in [4.69, 9.17) is 4.74 Å². The Balaban J connectivity index is 2.71. The average molecular weight is 337 g/mol. The summed E-state index contributed by atoms with van der Waals surface area (Å²) in [6, 6.07) is 5.87. The van der Waals surface area contributed by atoms with Crippen LogP contribution in [0, 0.1) is 0 Å². The van der Waals surface area contributed by atoms with Crippen LogP contribution < -0.4 is 4.72 Å². The molecule has 0 radical (unpaired) electrons. The molecule has 23 heavy (non-hydrogen) atoms.